The van der Waals surface area contributed by atoms with E-state index < -0.39 is 21.1 Å². The van der Waals surface area contributed by atoms with E-state index in [1.807, 2.05) is 6.92 Å². The van der Waals surface area contributed by atoms with Crippen LogP contribution in [0.25, 0.3) is 0 Å². The second-order valence-corrected chi connectivity index (χ2v) is 7.24. The van der Waals surface area contributed by atoms with Crippen molar-refractivity contribution < 1.29 is 12.8 Å². The highest BCUT2D eigenvalue weighted by Gasteiger charge is 2.21. The Kier molecular flexibility index (Phi) is 6.22. The van der Waals surface area contributed by atoms with Crippen LogP contribution in [0.4, 0.5) is 10.1 Å². The molecule has 0 amide bonds. The number of benzene rings is 1. The zero-order valence-electron chi connectivity index (χ0n) is 10.9. The van der Waals surface area contributed by atoms with Crippen LogP contribution in [0.3, 0.4) is 0 Å². The fraction of sp³-hybridized carbons (Fsp3) is 0.500. The van der Waals surface area contributed by atoms with Crippen LogP contribution in [0.1, 0.15) is 20.3 Å². The third-order valence-corrected chi connectivity index (χ3v) is 4.96. The normalized spacial score (nSPS) is 13.3. The molecule has 0 aliphatic rings. The van der Waals surface area contributed by atoms with E-state index in [-0.39, 0.29) is 0 Å². The van der Waals surface area contributed by atoms with Gasteiger partial charge in [-0.3, -0.25) is 4.72 Å². The Labute approximate surface area is 122 Å². The maximum absolute atomic E-state index is 12.9. The topological polar surface area (TPSA) is 58.2 Å². The number of rotatable bonds is 7. The lowest BCUT2D eigenvalue weighted by Gasteiger charge is -2.16. The number of nitrogens with one attached hydrogen (secondary N) is 2. The highest BCUT2D eigenvalue weighted by Crippen LogP contribution is 2.24. The molecule has 7 heteroatoms. The van der Waals surface area contributed by atoms with E-state index >= 15 is 0 Å². The standard InChI is InChI=1S/C12H18BrFN2O2S/c1-3-6-15-8-9(2)19(17,18)16-12-5-4-10(14)7-11(12)13/h4-5,7,9,15-16H,3,6,8H2,1-2H3. The van der Waals surface area contributed by atoms with Crippen LogP contribution in [-0.2, 0) is 10.0 Å². The number of anilines is 1. The van der Waals surface area contributed by atoms with Gasteiger partial charge in [0.25, 0.3) is 0 Å². The van der Waals surface area contributed by atoms with E-state index in [1.165, 1.54) is 18.2 Å². The SMILES string of the molecule is CCCNCC(C)S(=O)(=O)Nc1ccc(F)cc1Br. The molecule has 1 atom stereocenters. The summed E-state index contributed by atoms with van der Waals surface area (Å²) in [6.07, 6.45) is 0.948. The molecule has 0 aromatic heterocycles. The van der Waals surface area contributed by atoms with Crippen LogP contribution in [0.2, 0.25) is 0 Å². The van der Waals surface area contributed by atoms with Crippen LogP contribution in [-0.4, -0.2) is 26.8 Å². The largest absolute Gasteiger partial charge is 0.315 e. The first-order valence-electron chi connectivity index (χ1n) is 6.04. The van der Waals surface area contributed by atoms with Gasteiger partial charge in [-0.05, 0) is 54.0 Å². The minimum atomic E-state index is -3.49. The van der Waals surface area contributed by atoms with Crippen LogP contribution in [0.5, 0.6) is 0 Å². The molecule has 4 nitrogen and oxygen atoms in total. The summed E-state index contributed by atoms with van der Waals surface area (Å²) in [6, 6.07) is 3.82. The van der Waals surface area contributed by atoms with Crippen LogP contribution >= 0.6 is 15.9 Å². The Bertz CT molecular complexity index is 522. The first-order valence-corrected chi connectivity index (χ1v) is 8.38. The average Bonchev–Trinajstić information content (AvgIpc) is 2.33. The van der Waals surface area contributed by atoms with Gasteiger partial charge < -0.3 is 5.32 Å². The van der Waals surface area contributed by atoms with E-state index in [9.17, 15) is 12.8 Å². The van der Waals surface area contributed by atoms with Gasteiger partial charge in [0.1, 0.15) is 5.82 Å². The van der Waals surface area contributed by atoms with Crippen molar-refractivity contribution in [3.63, 3.8) is 0 Å². The van der Waals surface area contributed by atoms with Gasteiger partial charge in [0, 0.05) is 11.0 Å². The monoisotopic (exact) mass is 352 g/mol. The molecule has 108 valence electrons. The summed E-state index contributed by atoms with van der Waals surface area (Å²) < 4.78 is 39.9. The predicted molar refractivity (Wildman–Crippen MR) is 79.3 cm³/mol. The fourth-order valence-electron chi connectivity index (χ4n) is 1.42. The Balaban J connectivity index is 2.73. The highest BCUT2D eigenvalue weighted by molar-refractivity contribution is 9.10. The van der Waals surface area contributed by atoms with Gasteiger partial charge in [-0.15, -0.1) is 0 Å². The number of halogens is 2. The average molecular weight is 353 g/mol. The molecule has 0 saturated heterocycles. The first kappa shape index (κ1) is 16.4. The first-order chi connectivity index (χ1) is 8.86. The summed E-state index contributed by atoms with van der Waals surface area (Å²) in [5.74, 6) is -0.424. The smallest absolute Gasteiger partial charge is 0.236 e. The molecular formula is C12H18BrFN2O2S. The van der Waals surface area contributed by atoms with Crippen LogP contribution in [0, 0.1) is 5.82 Å². The molecule has 2 N–H and O–H groups in total. The Hall–Kier alpha value is -0.660. The van der Waals surface area contributed by atoms with E-state index in [2.05, 4.69) is 26.0 Å². The van der Waals surface area contributed by atoms with Gasteiger partial charge in [0.05, 0.1) is 10.9 Å². The summed E-state index contributed by atoms with van der Waals surface area (Å²) in [5, 5.41) is 2.49. The van der Waals surface area contributed by atoms with Crippen LogP contribution < -0.4 is 10.0 Å². The maximum atomic E-state index is 12.9. The molecule has 0 spiro atoms. The van der Waals surface area contributed by atoms with Gasteiger partial charge in [-0.1, -0.05) is 6.92 Å². The number of hydrogen-bond donors (Lipinski definition) is 2. The molecule has 1 unspecified atom stereocenters. The van der Waals surface area contributed by atoms with Crippen molar-refractivity contribution in [2.24, 2.45) is 0 Å². The summed E-state index contributed by atoms with van der Waals surface area (Å²) in [6.45, 7) is 4.80. The lowest BCUT2D eigenvalue weighted by atomic mass is 10.3. The van der Waals surface area contributed by atoms with E-state index in [4.69, 9.17) is 0 Å². The fourth-order valence-corrected chi connectivity index (χ4v) is 3.02. The molecule has 0 saturated carbocycles. The molecule has 19 heavy (non-hydrogen) atoms. The Morgan fingerprint density at radius 1 is 1.42 bits per heavy atom. The lowest BCUT2D eigenvalue weighted by molar-refractivity contribution is 0.575. The van der Waals surface area contributed by atoms with Gasteiger partial charge in [-0.2, -0.15) is 0 Å². The van der Waals surface area contributed by atoms with E-state index in [0.29, 0.717) is 16.7 Å². The molecule has 0 fully saturated rings. The van der Waals surface area contributed by atoms with Gasteiger partial charge in [-0.25, -0.2) is 12.8 Å². The third kappa shape index (κ3) is 5.08. The molecule has 0 radical (unpaired) electrons. The summed E-state index contributed by atoms with van der Waals surface area (Å²) in [7, 11) is -3.49. The molecule has 0 aliphatic heterocycles. The molecule has 0 bridgehead atoms. The molecule has 1 aromatic rings. The quantitative estimate of drug-likeness (QED) is 0.741. The maximum Gasteiger partial charge on any atom is 0.236 e. The second-order valence-electron chi connectivity index (χ2n) is 4.29. The van der Waals surface area contributed by atoms with Crippen molar-refractivity contribution in [2.75, 3.05) is 17.8 Å². The van der Waals surface area contributed by atoms with Crippen LogP contribution in [0.15, 0.2) is 22.7 Å². The van der Waals surface area contributed by atoms with Crippen molar-refractivity contribution in [2.45, 2.75) is 25.5 Å². The summed E-state index contributed by atoms with van der Waals surface area (Å²) in [5.41, 5.74) is 0.337. The Morgan fingerprint density at radius 2 is 2.11 bits per heavy atom. The zero-order valence-corrected chi connectivity index (χ0v) is 13.3. The van der Waals surface area contributed by atoms with Crippen molar-refractivity contribution in [3.05, 3.63) is 28.5 Å². The molecule has 1 aromatic carbocycles. The molecule has 0 heterocycles. The molecular weight excluding hydrogens is 335 g/mol. The lowest BCUT2D eigenvalue weighted by Crippen LogP contribution is -2.35. The van der Waals surface area contributed by atoms with Crippen molar-refractivity contribution in [1.82, 2.24) is 5.32 Å². The van der Waals surface area contributed by atoms with Gasteiger partial charge in [0.15, 0.2) is 0 Å². The minimum absolute atomic E-state index is 0.337. The third-order valence-electron chi connectivity index (χ3n) is 2.57. The summed E-state index contributed by atoms with van der Waals surface area (Å²) in [4.78, 5) is 0. The van der Waals surface area contributed by atoms with Gasteiger partial charge in [0.2, 0.25) is 10.0 Å². The zero-order chi connectivity index (χ0) is 14.5. The predicted octanol–water partition coefficient (Wildman–Crippen LogP) is 2.72. The molecule has 0 aliphatic carbocycles. The highest BCUT2D eigenvalue weighted by atomic mass is 79.9. The molecule has 1 rings (SSSR count). The van der Waals surface area contributed by atoms with Gasteiger partial charge >= 0.3 is 0 Å². The van der Waals surface area contributed by atoms with Crippen molar-refractivity contribution in [1.29, 1.82) is 0 Å². The second kappa shape index (κ2) is 7.21. The number of hydrogen-bond acceptors (Lipinski definition) is 3. The Morgan fingerprint density at radius 3 is 2.68 bits per heavy atom. The van der Waals surface area contributed by atoms with Crippen molar-refractivity contribution >= 4 is 31.6 Å². The van der Waals surface area contributed by atoms with E-state index in [1.54, 1.807) is 6.92 Å². The van der Waals surface area contributed by atoms with E-state index in [0.717, 1.165) is 13.0 Å². The minimum Gasteiger partial charge on any atom is -0.315 e. The number of sulfonamides is 1. The van der Waals surface area contributed by atoms with Crippen molar-refractivity contribution in [3.8, 4) is 0 Å². The summed E-state index contributed by atoms with van der Waals surface area (Å²) >= 11 is 3.13.